The molecule has 260 valence electrons. The minimum Gasteiger partial charge on any atom is -0.494 e. The molecule has 0 aliphatic rings. The second-order valence-electron chi connectivity index (χ2n) is 13.0. The Balaban J connectivity index is 1.41. The number of carboxylic acid groups (broad SMARTS) is 1. The summed E-state index contributed by atoms with van der Waals surface area (Å²) in [4.78, 5) is 48.4. The van der Waals surface area contributed by atoms with Crippen LogP contribution in [0.3, 0.4) is 0 Å². The van der Waals surface area contributed by atoms with Gasteiger partial charge >= 0.3 is 5.97 Å². The van der Waals surface area contributed by atoms with Gasteiger partial charge in [-0.3, -0.25) is 9.59 Å². The number of aliphatic hydroxyl groups is 1. The molecule has 0 saturated carbocycles. The van der Waals surface area contributed by atoms with Crippen molar-refractivity contribution in [2.45, 2.75) is 83.7 Å². The Morgan fingerprint density at radius 3 is 2.06 bits per heavy atom. The van der Waals surface area contributed by atoms with Crippen LogP contribution in [0.15, 0.2) is 73.1 Å². The average Bonchev–Trinajstić information content (AvgIpc) is 3.61. The number of nitrogens with zero attached hydrogens (tertiary/aromatic N) is 2. The first kappa shape index (κ1) is 37.2. The summed E-state index contributed by atoms with van der Waals surface area (Å²) in [6.45, 7) is 8.28. The summed E-state index contributed by atoms with van der Waals surface area (Å²) in [7, 11) is 0. The molecule has 11 heteroatoms. The summed E-state index contributed by atoms with van der Waals surface area (Å²) in [5, 5.41) is 23.9. The molecule has 0 fully saturated rings. The fraction of sp³-hybridized carbons (Fsp3) is 0.395. The molecule has 0 saturated heterocycles. The van der Waals surface area contributed by atoms with E-state index in [1.165, 1.54) is 37.0 Å². The summed E-state index contributed by atoms with van der Waals surface area (Å²) in [6.07, 6.45) is 9.60. The molecular formula is C38H46N4O6S. The van der Waals surface area contributed by atoms with E-state index in [0.717, 1.165) is 39.3 Å². The van der Waals surface area contributed by atoms with Gasteiger partial charge in [0.05, 0.1) is 18.1 Å². The first-order valence-corrected chi connectivity index (χ1v) is 17.5. The van der Waals surface area contributed by atoms with Crippen LogP contribution >= 0.6 is 11.3 Å². The van der Waals surface area contributed by atoms with Gasteiger partial charge in [-0.25, -0.2) is 14.8 Å². The highest BCUT2D eigenvalue weighted by Crippen LogP contribution is 2.29. The molecule has 4 N–H and O–H groups in total. The lowest BCUT2D eigenvalue weighted by molar-refractivity contribution is -0.143. The Bertz CT molecular complexity index is 1660. The molecule has 0 unspecified atom stereocenters. The smallest absolute Gasteiger partial charge is 0.328 e. The number of carbonyl (C=O) groups excluding carboxylic acids is 2. The number of carbonyl (C=O) groups is 3. The number of ether oxygens (including phenoxy) is 1. The van der Waals surface area contributed by atoms with Crippen LogP contribution in [0.5, 0.6) is 5.75 Å². The van der Waals surface area contributed by atoms with Crippen LogP contribution < -0.4 is 15.4 Å². The minimum absolute atomic E-state index is 0.0888. The fourth-order valence-corrected chi connectivity index (χ4v) is 6.02. The maximum absolute atomic E-state index is 13.2. The Labute approximate surface area is 292 Å². The van der Waals surface area contributed by atoms with Crippen molar-refractivity contribution in [2.75, 3.05) is 13.2 Å². The third-order valence-electron chi connectivity index (χ3n) is 8.00. The van der Waals surface area contributed by atoms with Gasteiger partial charge in [-0.2, -0.15) is 0 Å². The number of aliphatic hydroxyl groups excluding tert-OH is 1. The number of aromatic nitrogens is 2. The van der Waals surface area contributed by atoms with Crippen LogP contribution in [-0.2, 0) is 21.4 Å². The van der Waals surface area contributed by atoms with Crippen molar-refractivity contribution < 1.29 is 29.3 Å². The van der Waals surface area contributed by atoms with E-state index in [-0.39, 0.29) is 11.8 Å². The standard InChI is InChI=1S/C38H46N4O6S/c1-5-6-7-8-9-20-48-29-16-14-26(15-17-29)28-22-39-34(40-23-28)27-12-10-25(11-13-27)21-30(35(44)42-31(24-43)37(46)47)41-36(45)32-18-19-33(49-32)38(2,3)4/h10-19,22-23,30-31,43H,5-9,20-21,24H2,1-4H3,(H,41,45)(H,42,44)(H,46,47)/t30-,31-/m1/s1. The number of thiophene rings is 1. The van der Waals surface area contributed by atoms with Crippen LogP contribution in [0.4, 0.5) is 0 Å². The van der Waals surface area contributed by atoms with Crippen LogP contribution in [0.2, 0.25) is 0 Å². The van der Waals surface area contributed by atoms with Gasteiger partial charge in [-0.15, -0.1) is 11.3 Å². The van der Waals surface area contributed by atoms with Crippen molar-refractivity contribution in [1.29, 1.82) is 0 Å². The highest BCUT2D eigenvalue weighted by Gasteiger charge is 2.28. The maximum atomic E-state index is 13.2. The average molecular weight is 687 g/mol. The van der Waals surface area contributed by atoms with Gasteiger partial charge in [-0.1, -0.05) is 89.8 Å². The molecule has 0 spiro atoms. The molecule has 2 heterocycles. The van der Waals surface area contributed by atoms with E-state index in [2.05, 4.69) is 27.5 Å². The number of benzene rings is 2. The van der Waals surface area contributed by atoms with E-state index in [1.54, 1.807) is 18.5 Å². The molecule has 0 bridgehead atoms. The van der Waals surface area contributed by atoms with Gasteiger partial charge in [0.1, 0.15) is 17.8 Å². The summed E-state index contributed by atoms with van der Waals surface area (Å²) in [5.41, 5.74) is 3.20. The highest BCUT2D eigenvalue weighted by atomic mass is 32.1. The lowest BCUT2D eigenvalue weighted by Gasteiger charge is -2.21. The van der Waals surface area contributed by atoms with Crippen molar-refractivity contribution in [2.24, 2.45) is 0 Å². The second-order valence-corrected chi connectivity index (χ2v) is 14.1. The number of hydrogen-bond donors (Lipinski definition) is 4. The first-order chi connectivity index (χ1) is 23.5. The third kappa shape index (κ3) is 11.0. The maximum Gasteiger partial charge on any atom is 0.328 e. The lowest BCUT2D eigenvalue weighted by atomic mass is 9.95. The van der Waals surface area contributed by atoms with Gasteiger partial charge in [0.15, 0.2) is 5.82 Å². The Hall–Kier alpha value is -4.61. The van der Waals surface area contributed by atoms with Crippen molar-refractivity contribution >= 4 is 29.1 Å². The number of amides is 2. The third-order valence-corrected chi connectivity index (χ3v) is 9.51. The molecule has 0 aliphatic heterocycles. The van der Waals surface area contributed by atoms with E-state index >= 15 is 0 Å². The number of nitrogens with one attached hydrogen (secondary N) is 2. The molecule has 2 aromatic carbocycles. The number of hydrogen-bond acceptors (Lipinski definition) is 8. The second kappa shape index (κ2) is 17.7. The van der Waals surface area contributed by atoms with E-state index in [4.69, 9.17) is 4.74 Å². The Kier molecular flexibility index (Phi) is 13.4. The first-order valence-electron chi connectivity index (χ1n) is 16.7. The topological polar surface area (TPSA) is 151 Å². The van der Waals surface area contributed by atoms with Crippen molar-refractivity contribution in [3.63, 3.8) is 0 Å². The monoisotopic (exact) mass is 686 g/mol. The van der Waals surface area contributed by atoms with Gasteiger partial charge in [-0.05, 0) is 47.2 Å². The summed E-state index contributed by atoms with van der Waals surface area (Å²) >= 11 is 1.34. The van der Waals surface area contributed by atoms with E-state index in [1.807, 2.05) is 75.4 Å². The summed E-state index contributed by atoms with van der Waals surface area (Å²) < 4.78 is 5.88. The fourth-order valence-electron chi connectivity index (χ4n) is 5.05. The van der Waals surface area contributed by atoms with E-state index in [9.17, 15) is 24.6 Å². The summed E-state index contributed by atoms with van der Waals surface area (Å²) in [5.74, 6) is -1.17. The zero-order valence-electron chi connectivity index (χ0n) is 28.6. The van der Waals surface area contributed by atoms with Gasteiger partial charge in [0.2, 0.25) is 5.91 Å². The molecule has 4 aromatic rings. The molecule has 49 heavy (non-hydrogen) atoms. The van der Waals surface area contributed by atoms with Crippen molar-refractivity contribution in [3.05, 3.63) is 88.4 Å². The quantitative estimate of drug-likeness (QED) is 0.0930. The molecule has 10 nitrogen and oxygen atoms in total. The molecule has 0 aliphatic carbocycles. The van der Waals surface area contributed by atoms with E-state index in [0.29, 0.717) is 17.3 Å². The number of aliphatic carboxylic acids is 1. The SMILES string of the molecule is CCCCCCCOc1ccc(-c2cnc(-c3ccc(C[C@@H](NC(=O)c4ccc(C(C)(C)C)s4)C(=O)N[C@H](CO)C(=O)O)cc3)nc2)cc1. The molecular weight excluding hydrogens is 641 g/mol. The van der Waals surface area contributed by atoms with Crippen LogP contribution in [-0.4, -0.2) is 63.3 Å². The van der Waals surface area contributed by atoms with Crippen LogP contribution in [0.1, 0.15) is 79.9 Å². The number of rotatable bonds is 17. The van der Waals surface area contributed by atoms with Gasteiger partial charge in [0, 0.05) is 34.8 Å². The summed E-state index contributed by atoms with van der Waals surface area (Å²) in [6, 6.07) is 16.2. The van der Waals surface area contributed by atoms with Crippen molar-refractivity contribution in [3.8, 4) is 28.3 Å². The zero-order chi connectivity index (χ0) is 35.4. The number of carboxylic acids is 1. The van der Waals surface area contributed by atoms with Crippen molar-refractivity contribution in [1.82, 2.24) is 20.6 Å². The zero-order valence-corrected chi connectivity index (χ0v) is 29.4. The molecule has 0 radical (unpaired) electrons. The Morgan fingerprint density at radius 1 is 0.816 bits per heavy atom. The van der Waals surface area contributed by atoms with Crippen LogP contribution in [0, 0.1) is 0 Å². The van der Waals surface area contributed by atoms with Gasteiger partial charge in [0.25, 0.3) is 5.91 Å². The minimum atomic E-state index is -1.50. The lowest BCUT2D eigenvalue weighted by Crippen LogP contribution is -2.53. The normalized spacial score (nSPS) is 12.6. The molecule has 2 amide bonds. The predicted molar refractivity (Wildman–Crippen MR) is 192 cm³/mol. The van der Waals surface area contributed by atoms with E-state index < -0.39 is 36.5 Å². The predicted octanol–water partition coefficient (Wildman–Crippen LogP) is 6.42. The number of unbranched alkanes of at least 4 members (excludes halogenated alkanes) is 4. The Morgan fingerprint density at radius 2 is 1.47 bits per heavy atom. The molecule has 2 atom stereocenters. The van der Waals surface area contributed by atoms with Crippen LogP contribution in [0.25, 0.3) is 22.5 Å². The molecule has 2 aromatic heterocycles. The highest BCUT2D eigenvalue weighted by molar-refractivity contribution is 7.14. The molecule has 4 rings (SSSR count). The van der Waals surface area contributed by atoms with Gasteiger partial charge < -0.3 is 25.6 Å². The largest absolute Gasteiger partial charge is 0.494 e.